The normalized spacial score (nSPS) is 9.96. The molecule has 0 unspecified atom stereocenters. The van der Waals surface area contributed by atoms with Gasteiger partial charge in [-0.1, -0.05) is 23.7 Å². The molecule has 0 atom stereocenters. The second-order valence-electron chi connectivity index (χ2n) is 5.39. The van der Waals surface area contributed by atoms with Crippen molar-refractivity contribution < 1.29 is 9.53 Å². The Morgan fingerprint density at radius 2 is 1.96 bits per heavy atom. The van der Waals surface area contributed by atoms with Gasteiger partial charge < -0.3 is 15.4 Å². The van der Waals surface area contributed by atoms with Gasteiger partial charge in [-0.15, -0.1) is 10.2 Å². The molecular weight excluding hydrogens is 366 g/mol. The molecule has 0 aliphatic heterocycles. The molecule has 27 heavy (non-hydrogen) atoms. The molecule has 0 fully saturated rings. The van der Waals surface area contributed by atoms with E-state index in [-0.39, 0.29) is 5.69 Å². The number of aromatic nitrogens is 2. The Kier molecular flexibility index (Phi) is 5.50. The lowest BCUT2D eigenvalue weighted by Crippen LogP contribution is -2.15. The van der Waals surface area contributed by atoms with Gasteiger partial charge in [-0.25, -0.2) is 0 Å². The van der Waals surface area contributed by atoms with E-state index in [1.54, 1.807) is 55.6 Å². The second-order valence-corrected chi connectivity index (χ2v) is 5.80. The summed E-state index contributed by atoms with van der Waals surface area (Å²) >= 11 is 6.09. The van der Waals surface area contributed by atoms with Gasteiger partial charge in [-0.05, 0) is 42.5 Å². The molecule has 0 radical (unpaired) electrons. The highest BCUT2D eigenvalue weighted by molar-refractivity contribution is 6.32. The first kappa shape index (κ1) is 18.2. The molecule has 0 saturated heterocycles. The van der Waals surface area contributed by atoms with Crippen molar-refractivity contribution >= 4 is 34.7 Å². The Morgan fingerprint density at radius 3 is 2.63 bits per heavy atom. The summed E-state index contributed by atoms with van der Waals surface area (Å²) in [7, 11) is 1.54. The number of hydrogen-bond acceptors (Lipinski definition) is 6. The Balaban J connectivity index is 1.70. The third-order valence-corrected chi connectivity index (χ3v) is 3.91. The molecule has 2 N–H and O–H groups in total. The Hall–Kier alpha value is -3.63. The summed E-state index contributed by atoms with van der Waals surface area (Å²) in [5.41, 5.74) is 1.62. The smallest absolute Gasteiger partial charge is 0.276 e. The quantitative estimate of drug-likeness (QED) is 0.694. The number of carbonyl (C=O) groups excluding carboxylic acids is 1. The molecular formula is C19H14ClN5O2. The van der Waals surface area contributed by atoms with E-state index in [4.69, 9.17) is 21.6 Å². The Morgan fingerprint density at radius 1 is 1.15 bits per heavy atom. The van der Waals surface area contributed by atoms with Crippen LogP contribution in [-0.2, 0) is 0 Å². The minimum atomic E-state index is -0.454. The number of nitriles is 1. The third-order valence-electron chi connectivity index (χ3n) is 3.62. The summed E-state index contributed by atoms with van der Waals surface area (Å²) in [4.78, 5) is 12.3. The van der Waals surface area contributed by atoms with Crippen LogP contribution in [0, 0.1) is 11.3 Å². The number of hydrogen-bond donors (Lipinski definition) is 2. The number of nitrogens with one attached hydrogen (secondary N) is 2. The standard InChI is InChI=1S/C19H14ClN5O2/c1-27-17-8-6-13(10-14(17)20)22-18-9-7-16(24-25-18)19(26)23-15-5-3-2-4-12(15)11-21/h2-10H,1H3,(H,22,25)(H,23,26). The molecule has 0 aliphatic rings. The average molecular weight is 380 g/mol. The highest BCUT2D eigenvalue weighted by atomic mass is 35.5. The zero-order valence-corrected chi connectivity index (χ0v) is 15.0. The van der Waals surface area contributed by atoms with Crippen LogP contribution in [0.15, 0.2) is 54.6 Å². The molecule has 2 aromatic carbocycles. The van der Waals surface area contributed by atoms with Gasteiger partial charge in [0.1, 0.15) is 11.8 Å². The fourth-order valence-corrected chi connectivity index (χ4v) is 2.55. The monoisotopic (exact) mass is 379 g/mol. The van der Waals surface area contributed by atoms with Gasteiger partial charge in [-0.3, -0.25) is 4.79 Å². The first-order valence-corrected chi connectivity index (χ1v) is 8.23. The molecule has 7 nitrogen and oxygen atoms in total. The van der Waals surface area contributed by atoms with Crippen LogP contribution in [0.5, 0.6) is 5.75 Å². The van der Waals surface area contributed by atoms with Crippen molar-refractivity contribution in [3.63, 3.8) is 0 Å². The number of carbonyl (C=O) groups is 1. The molecule has 1 aromatic heterocycles. The molecule has 8 heteroatoms. The number of para-hydroxylation sites is 1. The molecule has 3 aromatic rings. The molecule has 1 amide bonds. The van der Waals surface area contributed by atoms with Crippen molar-refractivity contribution in [2.75, 3.05) is 17.7 Å². The maximum absolute atomic E-state index is 12.3. The molecule has 0 bridgehead atoms. The minimum Gasteiger partial charge on any atom is -0.495 e. The van der Waals surface area contributed by atoms with Crippen LogP contribution in [0.25, 0.3) is 0 Å². The summed E-state index contributed by atoms with van der Waals surface area (Å²) in [6.07, 6.45) is 0. The van der Waals surface area contributed by atoms with E-state index in [0.717, 1.165) is 0 Å². The van der Waals surface area contributed by atoms with Crippen molar-refractivity contribution in [3.05, 3.63) is 70.9 Å². The van der Waals surface area contributed by atoms with E-state index in [0.29, 0.717) is 33.5 Å². The van der Waals surface area contributed by atoms with Crippen LogP contribution in [0.3, 0.4) is 0 Å². The van der Waals surface area contributed by atoms with Gasteiger partial charge in [0.25, 0.3) is 5.91 Å². The predicted molar refractivity (Wildman–Crippen MR) is 102 cm³/mol. The summed E-state index contributed by atoms with van der Waals surface area (Å²) in [5, 5.41) is 23.1. The van der Waals surface area contributed by atoms with Crippen molar-refractivity contribution in [1.29, 1.82) is 5.26 Å². The number of amides is 1. The topological polar surface area (TPSA) is 99.9 Å². The molecule has 0 spiro atoms. The molecule has 1 heterocycles. The first-order chi connectivity index (χ1) is 13.1. The van der Waals surface area contributed by atoms with Gasteiger partial charge in [0, 0.05) is 5.69 Å². The lowest BCUT2D eigenvalue weighted by atomic mass is 10.2. The third kappa shape index (κ3) is 4.32. The second kappa shape index (κ2) is 8.17. The fourth-order valence-electron chi connectivity index (χ4n) is 2.29. The van der Waals surface area contributed by atoms with E-state index in [1.165, 1.54) is 6.07 Å². The highest BCUT2D eigenvalue weighted by Crippen LogP contribution is 2.28. The molecule has 3 rings (SSSR count). The van der Waals surface area contributed by atoms with E-state index in [1.807, 2.05) is 6.07 Å². The summed E-state index contributed by atoms with van der Waals surface area (Å²) in [5.74, 6) is 0.562. The Labute approximate surface area is 160 Å². The minimum absolute atomic E-state index is 0.126. The van der Waals surface area contributed by atoms with E-state index >= 15 is 0 Å². The van der Waals surface area contributed by atoms with Crippen molar-refractivity contribution in [3.8, 4) is 11.8 Å². The van der Waals surface area contributed by atoms with Crippen LogP contribution in [0.4, 0.5) is 17.2 Å². The SMILES string of the molecule is COc1ccc(Nc2ccc(C(=O)Nc3ccccc3C#N)nn2)cc1Cl. The van der Waals surface area contributed by atoms with Crippen LogP contribution in [0.2, 0.25) is 5.02 Å². The number of halogens is 1. The zero-order chi connectivity index (χ0) is 19.2. The van der Waals surface area contributed by atoms with Crippen LogP contribution < -0.4 is 15.4 Å². The number of benzene rings is 2. The van der Waals surface area contributed by atoms with E-state index in [9.17, 15) is 4.79 Å². The summed E-state index contributed by atoms with van der Waals surface area (Å²) in [6.45, 7) is 0. The van der Waals surface area contributed by atoms with Crippen molar-refractivity contribution in [1.82, 2.24) is 10.2 Å². The Bertz CT molecular complexity index is 1020. The highest BCUT2D eigenvalue weighted by Gasteiger charge is 2.11. The maximum Gasteiger partial charge on any atom is 0.276 e. The van der Waals surface area contributed by atoms with Crippen LogP contribution in [-0.4, -0.2) is 23.2 Å². The average Bonchev–Trinajstić information content (AvgIpc) is 2.69. The van der Waals surface area contributed by atoms with Gasteiger partial charge >= 0.3 is 0 Å². The van der Waals surface area contributed by atoms with E-state index in [2.05, 4.69) is 20.8 Å². The largest absolute Gasteiger partial charge is 0.495 e. The fraction of sp³-hybridized carbons (Fsp3) is 0.0526. The number of methoxy groups -OCH3 is 1. The number of nitrogens with zero attached hydrogens (tertiary/aromatic N) is 3. The molecule has 0 saturated carbocycles. The number of anilines is 3. The lowest BCUT2D eigenvalue weighted by molar-refractivity contribution is 0.102. The predicted octanol–water partition coefficient (Wildman–Crippen LogP) is 4.01. The maximum atomic E-state index is 12.3. The number of rotatable bonds is 5. The van der Waals surface area contributed by atoms with Gasteiger partial charge in [-0.2, -0.15) is 5.26 Å². The zero-order valence-electron chi connectivity index (χ0n) is 14.2. The van der Waals surface area contributed by atoms with Gasteiger partial charge in [0.15, 0.2) is 11.5 Å². The van der Waals surface area contributed by atoms with Crippen molar-refractivity contribution in [2.45, 2.75) is 0 Å². The molecule has 134 valence electrons. The first-order valence-electron chi connectivity index (χ1n) is 7.85. The number of ether oxygens (including phenoxy) is 1. The van der Waals surface area contributed by atoms with Gasteiger partial charge in [0.2, 0.25) is 0 Å². The lowest BCUT2D eigenvalue weighted by Gasteiger charge is -2.09. The van der Waals surface area contributed by atoms with Crippen LogP contribution in [0.1, 0.15) is 16.1 Å². The van der Waals surface area contributed by atoms with E-state index < -0.39 is 5.91 Å². The summed E-state index contributed by atoms with van der Waals surface area (Å²) in [6, 6.07) is 17.1. The summed E-state index contributed by atoms with van der Waals surface area (Å²) < 4.78 is 5.11. The van der Waals surface area contributed by atoms with Crippen LogP contribution >= 0.6 is 11.6 Å². The van der Waals surface area contributed by atoms with Gasteiger partial charge in [0.05, 0.1) is 23.4 Å². The van der Waals surface area contributed by atoms with Crippen molar-refractivity contribution in [2.24, 2.45) is 0 Å². The molecule has 0 aliphatic carbocycles.